The molecule has 3 aromatic heterocycles. The zero-order chi connectivity index (χ0) is 45.7. The molecule has 1 saturated carbocycles. The summed E-state index contributed by atoms with van der Waals surface area (Å²) in [6, 6.07) is 9.00. The van der Waals surface area contributed by atoms with E-state index in [1.165, 1.54) is 23.9 Å². The van der Waals surface area contributed by atoms with E-state index in [9.17, 15) is 31.4 Å². The fourth-order valence-electron chi connectivity index (χ4n) is 9.09. The Kier molecular flexibility index (Phi) is 10.8. The van der Waals surface area contributed by atoms with Crippen LogP contribution in [0.3, 0.4) is 0 Å². The molecule has 3 aromatic carbocycles. The van der Waals surface area contributed by atoms with Crippen molar-refractivity contribution >= 4 is 66.8 Å². The van der Waals surface area contributed by atoms with Crippen LogP contribution in [0.2, 0.25) is 5.02 Å². The number of benzene rings is 3. The first-order chi connectivity index (χ1) is 30.3. The second-order valence-corrected chi connectivity index (χ2v) is 18.0. The number of fused-ring (bicyclic) bond motifs is 5. The number of rotatable bonds is 11. The average Bonchev–Trinajstić information content (AvgIpc) is 3.75. The molecule has 6 aromatic rings. The Balaban J connectivity index is 1.25. The van der Waals surface area contributed by atoms with E-state index >= 15 is 13.6 Å². The zero-order valence-electron chi connectivity index (χ0n) is 34.3. The quantitative estimate of drug-likeness (QED) is 0.125. The van der Waals surface area contributed by atoms with Crippen molar-refractivity contribution in [3.8, 4) is 5.69 Å². The van der Waals surface area contributed by atoms with Gasteiger partial charge < -0.3 is 10.1 Å². The Bertz CT molecular complexity index is 3060. The largest absolute Gasteiger partial charge is 0.371 e. The van der Waals surface area contributed by atoms with Crippen LogP contribution in [0.25, 0.3) is 33.1 Å². The number of ether oxygens (including phenoxy) is 1. The van der Waals surface area contributed by atoms with E-state index in [2.05, 4.69) is 20.2 Å². The number of alkyl halides is 4. The number of anilines is 1. The topological polar surface area (TPSA) is 155 Å². The highest BCUT2D eigenvalue weighted by molar-refractivity contribution is 8.01. The number of carbonyl (C=O) groups excluding carboxylic acids is 2. The molecule has 64 heavy (non-hydrogen) atoms. The molecule has 4 heterocycles. The SMILES string of the molecule is CC(=O)S(=O)Nc1nn(C)c2c(-n3c([C@H](Cc4cc(F)cc(F)c4)NC(=O)Cn4nc(C(F)F)c5c4C(F)(F)[C@@H]4C[C@H]54)nc4cc(C5=C[C@H](C)O[C@H](C)C5)ccc4c3=O)ccc(Cl)c12. The van der Waals surface area contributed by atoms with Crippen molar-refractivity contribution in [3.63, 3.8) is 0 Å². The minimum Gasteiger partial charge on any atom is -0.371 e. The van der Waals surface area contributed by atoms with Crippen LogP contribution in [0.1, 0.15) is 85.9 Å². The fraction of sp³-hybridized carbons (Fsp3) is 0.349. The number of nitrogens with zero attached hydrogens (tertiary/aromatic N) is 6. The second-order valence-electron chi connectivity index (χ2n) is 16.3. The maximum absolute atomic E-state index is 15.6. The molecular weight excluding hydrogens is 890 g/mol. The molecular formula is C43H37ClF6N8O5S. The van der Waals surface area contributed by atoms with E-state index in [1.54, 1.807) is 18.2 Å². The van der Waals surface area contributed by atoms with Gasteiger partial charge in [-0.15, -0.1) is 0 Å². The third-order valence-electron chi connectivity index (χ3n) is 11.7. The van der Waals surface area contributed by atoms with Crippen molar-refractivity contribution in [1.82, 2.24) is 34.4 Å². The van der Waals surface area contributed by atoms with Crippen LogP contribution in [0.5, 0.6) is 0 Å². The molecule has 0 spiro atoms. The monoisotopic (exact) mass is 926 g/mol. The van der Waals surface area contributed by atoms with Gasteiger partial charge in [0.15, 0.2) is 16.8 Å². The number of aromatic nitrogens is 6. The predicted octanol–water partition coefficient (Wildman–Crippen LogP) is 7.85. The third-order valence-corrected chi connectivity index (χ3v) is 12.9. The average molecular weight is 927 g/mol. The van der Waals surface area contributed by atoms with E-state index in [0.717, 1.165) is 29.2 Å². The van der Waals surface area contributed by atoms with Gasteiger partial charge in [-0.1, -0.05) is 23.7 Å². The van der Waals surface area contributed by atoms with Crippen LogP contribution in [0, 0.1) is 17.6 Å². The Morgan fingerprint density at radius 2 is 1.80 bits per heavy atom. The summed E-state index contributed by atoms with van der Waals surface area (Å²) >= 11 is 6.69. The fourth-order valence-corrected chi connectivity index (χ4v) is 9.80. The van der Waals surface area contributed by atoms with Crippen molar-refractivity contribution < 1.29 is 44.9 Å². The first-order valence-electron chi connectivity index (χ1n) is 20.1. The van der Waals surface area contributed by atoms with Crippen molar-refractivity contribution in [2.24, 2.45) is 13.0 Å². The molecule has 0 bridgehead atoms. The first-order valence-corrected chi connectivity index (χ1v) is 21.6. The van der Waals surface area contributed by atoms with Gasteiger partial charge in [-0.3, -0.25) is 33.0 Å². The lowest BCUT2D eigenvalue weighted by Gasteiger charge is -2.26. The van der Waals surface area contributed by atoms with Gasteiger partial charge in [-0.05, 0) is 85.7 Å². The van der Waals surface area contributed by atoms with E-state index in [4.69, 9.17) is 21.3 Å². The second kappa shape index (κ2) is 16.0. The summed E-state index contributed by atoms with van der Waals surface area (Å²) in [5, 5.41) is 10.4. The zero-order valence-corrected chi connectivity index (χ0v) is 35.8. The van der Waals surface area contributed by atoms with Crippen molar-refractivity contribution in [1.29, 1.82) is 0 Å². The van der Waals surface area contributed by atoms with Crippen LogP contribution < -0.4 is 15.6 Å². The number of amides is 1. The molecule has 334 valence electrons. The first kappa shape index (κ1) is 43.4. The van der Waals surface area contributed by atoms with Crippen molar-refractivity contribution in [2.75, 3.05) is 4.72 Å². The van der Waals surface area contributed by atoms with Gasteiger partial charge in [0, 0.05) is 37.9 Å². The maximum atomic E-state index is 15.6. The predicted molar refractivity (Wildman–Crippen MR) is 225 cm³/mol. The number of nitrogens with one attached hydrogen (secondary N) is 2. The van der Waals surface area contributed by atoms with Crippen LogP contribution in [0.15, 0.2) is 59.4 Å². The van der Waals surface area contributed by atoms with Crippen molar-refractivity contribution in [3.05, 3.63) is 116 Å². The molecule has 6 atom stereocenters. The number of aryl methyl sites for hydroxylation is 1. The van der Waals surface area contributed by atoms with Gasteiger partial charge in [0.05, 0.1) is 50.8 Å². The molecule has 0 radical (unpaired) electrons. The third kappa shape index (κ3) is 7.57. The summed E-state index contributed by atoms with van der Waals surface area (Å²) in [6.45, 7) is 3.93. The van der Waals surface area contributed by atoms with Crippen LogP contribution in [-0.4, -0.2) is 56.6 Å². The highest BCUT2D eigenvalue weighted by Crippen LogP contribution is 2.68. The van der Waals surface area contributed by atoms with Crippen molar-refractivity contribution in [2.45, 2.75) is 83.1 Å². The van der Waals surface area contributed by atoms with Gasteiger partial charge >= 0.3 is 0 Å². The molecule has 1 fully saturated rings. The molecule has 21 heteroatoms. The molecule has 1 aliphatic heterocycles. The normalized spacial score (nSPS) is 20.8. The lowest BCUT2D eigenvalue weighted by molar-refractivity contribution is -0.123. The molecule has 2 aliphatic carbocycles. The molecule has 13 nitrogen and oxygen atoms in total. The number of halogens is 7. The number of carbonyl (C=O) groups is 2. The van der Waals surface area contributed by atoms with E-state index in [1.807, 2.05) is 19.9 Å². The molecule has 1 amide bonds. The van der Waals surface area contributed by atoms with Gasteiger partial charge in [-0.2, -0.15) is 19.0 Å². The van der Waals surface area contributed by atoms with Gasteiger partial charge in [0.2, 0.25) is 11.0 Å². The highest BCUT2D eigenvalue weighted by atomic mass is 35.5. The Morgan fingerprint density at radius 3 is 2.48 bits per heavy atom. The minimum absolute atomic E-state index is 0.000634. The Hall–Kier alpha value is -5.86. The summed E-state index contributed by atoms with van der Waals surface area (Å²) in [7, 11) is -0.756. The Labute approximate surface area is 367 Å². The number of hydrogen-bond acceptors (Lipinski definition) is 8. The smallest absolute Gasteiger partial charge is 0.293 e. The maximum Gasteiger partial charge on any atom is 0.293 e. The van der Waals surface area contributed by atoms with E-state index < -0.39 is 93.8 Å². The highest BCUT2D eigenvalue weighted by Gasteiger charge is 2.67. The summed E-state index contributed by atoms with van der Waals surface area (Å²) in [6.07, 6.45) is -1.54. The standard InChI is InChI=1S/C43H37ClF6N8O5S/c1-18-9-23(10-19(2)63-18)22-5-6-26-30(14-22)52-41(58(42(26)61)32-8-7-29(44)35-37(32)56(4)54-40(35)55-64(62)20(3)59)31(13-21-11-24(45)15-25(46)12-21)51-33(60)17-57-38-34(36(53-57)39(47)48)27-16-28(27)43(38,49)50/h5-9,11-12,14-15,18-19,27-28,31,39H,10,13,16-17H2,1-4H3,(H,51,60)(H,54,55)/t18-,19+,27-,28+,31-,64?/m0/s1. The molecule has 9 rings (SSSR count). The lowest BCUT2D eigenvalue weighted by atomic mass is 9.95. The summed E-state index contributed by atoms with van der Waals surface area (Å²) in [5.74, 6) is -8.83. The summed E-state index contributed by atoms with van der Waals surface area (Å²) in [5.41, 5.74) is -0.652. The molecule has 3 aliphatic rings. The van der Waals surface area contributed by atoms with E-state index in [0.29, 0.717) is 22.7 Å². The lowest BCUT2D eigenvalue weighted by Crippen LogP contribution is -2.38. The summed E-state index contributed by atoms with van der Waals surface area (Å²) in [4.78, 5) is 46.3. The summed E-state index contributed by atoms with van der Waals surface area (Å²) < 4.78 is 113. The van der Waals surface area contributed by atoms with Crippen LogP contribution in [0.4, 0.5) is 32.2 Å². The molecule has 1 unspecified atom stereocenters. The number of hydrogen-bond donors (Lipinski definition) is 2. The molecule has 0 saturated heterocycles. The van der Waals surface area contributed by atoms with Crippen LogP contribution in [-0.2, 0) is 51.2 Å². The molecule has 2 N–H and O–H groups in total. The van der Waals surface area contributed by atoms with Crippen LogP contribution >= 0.6 is 11.6 Å². The van der Waals surface area contributed by atoms with Gasteiger partial charge in [0.25, 0.3) is 17.9 Å². The van der Waals surface area contributed by atoms with Gasteiger partial charge in [0.1, 0.15) is 35.4 Å². The minimum atomic E-state index is -3.54. The van der Waals surface area contributed by atoms with Gasteiger partial charge in [-0.25, -0.2) is 26.8 Å². The Morgan fingerprint density at radius 1 is 1.06 bits per heavy atom. The van der Waals surface area contributed by atoms with E-state index in [-0.39, 0.29) is 73.9 Å².